The molecule has 23 heavy (non-hydrogen) atoms. The first-order valence-corrected chi connectivity index (χ1v) is 8.06. The minimum Gasteiger partial charge on any atom is -0.393 e. The van der Waals surface area contributed by atoms with Gasteiger partial charge in [0.2, 0.25) is 0 Å². The molecule has 0 aliphatic rings. The predicted molar refractivity (Wildman–Crippen MR) is 95.9 cm³/mol. The molecule has 0 amide bonds. The molecule has 0 radical (unpaired) electrons. The van der Waals surface area contributed by atoms with Gasteiger partial charge in [-0.05, 0) is 43.7 Å². The first-order valence-electron chi connectivity index (χ1n) is 8.06. The Morgan fingerprint density at radius 3 is 2.48 bits per heavy atom. The van der Waals surface area contributed by atoms with E-state index in [1.165, 1.54) is 0 Å². The van der Waals surface area contributed by atoms with Crippen molar-refractivity contribution in [3.05, 3.63) is 66.5 Å². The van der Waals surface area contributed by atoms with Crippen LogP contribution in [0.2, 0.25) is 0 Å². The molecule has 3 heteroatoms. The quantitative estimate of drug-likeness (QED) is 0.579. The van der Waals surface area contributed by atoms with Crippen LogP contribution in [0.3, 0.4) is 0 Å². The molecule has 120 valence electrons. The molecule has 0 aliphatic carbocycles. The van der Waals surface area contributed by atoms with E-state index in [0.29, 0.717) is 0 Å². The molecule has 0 spiro atoms. The van der Waals surface area contributed by atoms with E-state index < -0.39 is 0 Å². The summed E-state index contributed by atoms with van der Waals surface area (Å²) in [7, 11) is 0. The van der Waals surface area contributed by atoms with E-state index in [9.17, 15) is 5.11 Å². The predicted octanol–water partition coefficient (Wildman–Crippen LogP) is 4.44. The minimum atomic E-state index is -0.208. The third-order valence-corrected chi connectivity index (χ3v) is 3.56. The van der Waals surface area contributed by atoms with Crippen LogP contribution in [0.15, 0.2) is 55.4 Å². The molecule has 0 aliphatic heterocycles. The number of allylic oxidation sites excluding steroid dienone is 2. The van der Waals surface area contributed by atoms with Crippen molar-refractivity contribution >= 4 is 6.08 Å². The zero-order valence-electron chi connectivity index (χ0n) is 13.7. The Bertz CT molecular complexity index is 628. The third-order valence-electron chi connectivity index (χ3n) is 3.56. The molecule has 1 heterocycles. The summed E-state index contributed by atoms with van der Waals surface area (Å²) >= 11 is 0. The van der Waals surface area contributed by atoms with Crippen LogP contribution in [0, 0.1) is 0 Å². The molecule has 2 aromatic rings. The van der Waals surface area contributed by atoms with Gasteiger partial charge in [0.25, 0.3) is 0 Å². The van der Waals surface area contributed by atoms with Crippen LogP contribution in [-0.2, 0) is 6.42 Å². The third kappa shape index (κ3) is 5.80. The van der Waals surface area contributed by atoms with Crippen molar-refractivity contribution in [3.63, 3.8) is 0 Å². The van der Waals surface area contributed by atoms with Crippen molar-refractivity contribution < 1.29 is 5.11 Å². The van der Waals surface area contributed by atoms with Crippen molar-refractivity contribution in [2.24, 2.45) is 0 Å². The smallest absolute Gasteiger partial charge is 0.159 e. The molecule has 1 atom stereocenters. The molecule has 0 fully saturated rings. The van der Waals surface area contributed by atoms with Crippen LogP contribution in [-0.4, -0.2) is 21.2 Å². The van der Waals surface area contributed by atoms with E-state index in [0.717, 1.165) is 48.2 Å². The fourth-order valence-corrected chi connectivity index (χ4v) is 2.27. The van der Waals surface area contributed by atoms with Gasteiger partial charge in [0.05, 0.1) is 6.10 Å². The van der Waals surface area contributed by atoms with Crippen LogP contribution in [0.1, 0.15) is 37.3 Å². The maximum absolute atomic E-state index is 9.21. The highest BCUT2D eigenvalue weighted by Gasteiger charge is 2.01. The van der Waals surface area contributed by atoms with E-state index in [1.807, 2.05) is 37.5 Å². The molecule has 2 rings (SSSR count). The second-order valence-corrected chi connectivity index (χ2v) is 5.71. The van der Waals surface area contributed by atoms with Crippen molar-refractivity contribution in [2.75, 3.05) is 0 Å². The molecule has 1 aromatic heterocycles. The Balaban J connectivity index is 1.93. The molecule has 1 N–H and O–H groups in total. The fourth-order valence-electron chi connectivity index (χ4n) is 2.27. The summed E-state index contributed by atoms with van der Waals surface area (Å²) in [6, 6.07) is 8.22. The topological polar surface area (TPSA) is 46.0 Å². The zero-order valence-corrected chi connectivity index (χ0v) is 13.7. The number of hydrogen-bond donors (Lipinski definition) is 1. The average Bonchev–Trinajstić information content (AvgIpc) is 2.56. The van der Waals surface area contributed by atoms with E-state index in [2.05, 4.69) is 40.8 Å². The summed E-state index contributed by atoms with van der Waals surface area (Å²) in [5.41, 5.74) is 3.25. The van der Waals surface area contributed by atoms with Gasteiger partial charge >= 0.3 is 0 Å². The fraction of sp³-hybridized carbons (Fsp3) is 0.300. The van der Waals surface area contributed by atoms with Crippen molar-refractivity contribution in [2.45, 2.75) is 38.7 Å². The molecular formula is C20H24N2O. The van der Waals surface area contributed by atoms with Gasteiger partial charge in [-0.15, -0.1) is 6.58 Å². The largest absolute Gasteiger partial charge is 0.393 e. The number of nitrogens with zero attached hydrogens (tertiary/aromatic N) is 2. The lowest BCUT2D eigenvalue weighted by Crippen LogP contribution is -1.97. The second-order valence-electron chi connectivity index (χ2n) is 5.71. The number of aliphatic hydroxyl groups excluding tert-OH is 1. The van der Waals surface area contributed by atoms with Crippen molar-refractivity contribution in [1.29, 1.82) is 0 Å². The minimum absolute atomic E-state index is 0.208. The Morgan fingerprint density at radius 2 is 1.87 bits per heavy atom. The van der Waals surface area contributed by atoms with Crippen LogP contribution in [0.5, 0.6) is 0 Å². The molecular weight excluding hydrogens is 284 g/mol. The van der Waals surface area contributed by atoms with Gasteiger partial charge in [0.1, 0.15) is 0 Å². The van der Waals surface area contributed by atoms with Gasteiger partial charge < -0.3 is 5.11 Å². The molecule has 1 unspecified atom stereocenters. The van der Waals surface area contributed by atoms with Gasteiger partial charge in [-0.25, -0.2) is 9.97 Å². The maximum Gasteiger partial charge on any atom is 0.159 e. The van der Waals surface area contributed by atoms with E-state index in [-0.39, 0.29) is 6.10 Å². The lowest BCUT2D eigenvalue weighted by molar-refractivity contribution is 0.182. The Hall–Kier alpha value is -2.26. The monoisotopic (exact) mass is 308 g/mol. The summed E-state index contributed by atoms with van der Waals surface area (Å²) in [6.45, 7) is 5.54. The lowest BCUT2D eigenvalue weighted by Gasteiger charge is -2.02. The first kappa shape index (κ1) is 17.1. The SMILES string of the molecule is C=CCc1cnc(-c2ccc(C=CCCCC(C)O)cc2)nc1. The van der Waals surface area contributed by atoms with E-state index in [1.54, 1.807) is 0 Å². The molecule has 1 aromatic carbocycles. The summed E-state index contributed by atoms with van der Waals surface area (Å²) in [5.74, 6) is 0.741. The van der Waals surface area contributed by atoms with Crippen molar-refractivity contribution in [1.82, 2.24) is 9.97 Å². The molecule has 0 saturated carbocycles. The van der Waals surface area contributed by atoms with Gasteiger partial charge in [0.15, 0.2) is 5.82 Å². The summed E-state index contributed by atoms with van der Waals surface area (Å²) in [4.78, 5) is 8.80. The normalized spacial score (nSPS) is 12.4. The summed E-state index contributed by atoms with van der Waals surface area (Å²) in [6.07, 6.45) is 13.2. The van der Waals surface area contributed by atoms with Crippen LogP contribution < -0.4 is 0 Å². The number of unbranched alkanes of at least 4 members (excludes halogenated alkanes) is 1. The van der Waals surface area contributed by atoms with Crippen LogP contribution in [0.25, 0.3) is 17.5 Å². The number of hydrogen-bond acceptors (Lipinski definition) is 3. The number of rotatable bonds is 8. The van der Waals surface area contributed by atoms with Crippen molar-refractivity contribution in [3.8, 4) is 11.4 Å². The first-order chi connectivity index (χ1) is 11.2. The van der Waals surface area contributed by atoms with Gasteiger partial charge in [0, 0.05) is 18.0 Å². The van der Waals surface area contributed by atoms with Crippen LogP contribution >= 0.6 is 0 Å². The summed E-state index contributed by atoms with van der Waals surface area (Å²) in [5, 5.41) is 9.21. The molecule has 3 nitrogen and oxygen atoms in total. The highest BCUT2D eigenvalue weighted by Crippen LogP contribution is 2.16. The number of aromatic nitrogens is 2. The Kier molecular flexibility index (Phi) is 6.70. The standard InChI is InChI=1S/C20H24N2O/c1-3-7-18-14-21-20(22-15-18)19-12-10-17(11-13-19)9-6-4-5-8-16(2)23/h3,6,9-16,23H,1,4-5,7-8H2,2H3. The van der Waals surface area contributed by atoms with E-state index >= 15 is 0 Å². The zero-order chi connectivity index (χ0) is 16.5. The lowest BCUT2D eigenvalue weighted by atomic mass is 10.1. The van der Waals surface area contributed by atoms with Crippen LogP contribution in [0.4, 0.5) is 0 Å². The Labute approximate surface area is 138 Å². The number of benzene rings is 1. The average molecular weight is 308 g/mol. The van der Waals surface area contributed by atoms with E-state index in [4.69, 9.17) is 0 Å². The highest BCUT2D eigenvalue weighted by atomic mass is 16.3. The molecule has 0 saturated heterocycles. The summed E-state index contributed by atoms with van der Waals surface area (Å²) < 4.78 is 0. The van der Waals surface area contributed by atoms with Gasteiger partial charge in [-0.1, -0.05) is 42.5 Å². The van der Waals surface area contributed by atoms with Gasteiger partial charge in [-0.3, -0.25) is 0 Å². The highest BCUT2D eigenvalue weighted by molar-refractivity contribution is 5.59. The maximum atomic E-state index is 9.21. The number of aliphatic hydroxyl groups is 1. The second kappa shape index (κ2) is 9.01. The molecule has 0 bridgehead atoms. The Morgan fingerprint density at radius 1 is 1.17 bits per heavy atom. The van der Waals surface area contributed by atoms with Gasteiger partial charge in [-0.2, -0.15) is 0 Å².